The Balaban J connectivity index is 1.64. The number of nitrogen functional groups attached to an aromatic ring is 1. The number of piperazine rings is 1. The van der Waals surface area contributed by atoms with Crippen molar-refractivity contribution in [2.24, 2.45) is 0 Å². The van der Waals surface area contributed by atoms with Gasteiger partial charge in [0.05, 0.1) is 0 Å². The second kappa shape index (κ2) is 5.20. The number of aromatic nitrogens is 3. The average Bonchev–Trinajstić information content (AvgIpc) is 2.94. The van der Waals surface area contributed by atoms with Crippen LogP contribution in [0.2, 0.25) is 0 Å². The van der Waals surface area contributed by atoms with Gasteiger partial charge in [-0.1, -0.05) is 18.2 Å². The predicted molar refractivity (Wildman–Crippen MR) is 75.4 cm³/mol. The topological polar surface area (TPSA) is 91.1 Å². The number of amides is 1. The first-order chi connectivity index (χ1) is 9.75. The number of H-pyrrole nitrogens is 1. The number of hydrogen-bond donors (Lipinski definition) is 2. The summed E-state index contributed by atoms with van der Waals surface area (Å²) in [6, 6.07) is 10.2. The number of aromatic amines is 1. The molecular formula is C13H16N6O. The molecule has 0 aliphatic carbocycles. The van der Waals surface area contributed by atoms with Gasteiger partial charge in [-0.3, -0.25) is 4.79 Å². The summed E-state index contributed by atoms with van der Waals surface area (Å²) in [7, 11) is 0. The maximum Gasteiger partial charge on any atom is 0.278 e. The molecule has 0 saturated carbocycles. The molecular weight excluding hydrogens is 256 g/mol. The average molecular weight is 272 g/mol. The first kappa shape index (κ1) is 12.5. The minimum atomic E-state index is -0.163. The van der Waals surface area contributed by atoms with Crippen molar-refractivity contribution in [2.45, 2.75) is 0 Å². The molecule has 20 heavy (non-hydrogen) atoms. The van der Waals surface area contributed by atoms with E-state index in [0.717, 1.165) is 13.1 Å². The Morgan fingerprint density at radius 3 is 2.40 bits per heavy atom. The highest BCUT2D eigenvalue weighted by molar-refractivity contribution is 5.96. The van der Waals surface area contributed by atoms with Gasteiger partial charge >= 0.3 is 0 Å². The van der Waals surface area contributed by atoms with Gasteiger partial charge < -0.3 is 15.5 Å². The number of nitrogens with zero attached hydrogens (tertiary/aromatic N) is 4. The van der Waals surface area contributed by atoms with Crippen LogP contribution in [0.3, 0.4) is 0 Å². The van der Waals surface area contributed by atoms with Crippen LogP contribution in [0.4, 0.5) is 11.5 Å². The molecule has 3 N–H and O–H groups in total. The quantitative estimate of drug-likeness (QED) is 0.823. The number of carbonyl (C=O) groups is 1. The lowest BCUT2D eigenvalue weighted by Gasteiger charge is -2.35. The molecule has 0 atom stereocenters. The number of nitrogens with one attached hydrogen (secondary N) is 1. The van der Waals surface area contributed by atoms with Gasteiger partial charge in [-0.15, -0.1) is 10.2 Å². The summed E-state index contributed by atoms with van der Waals surface area (Å²) < 4.78 is 0. The first-order valence-electron chi connectivity index (χ1n) is 6.51. The lowest BCUT2D eigenvalue weighted by atomic mass is 10.2. The highest BCUT2D eigenvalue weighted by atomic mass is 16.2. The summed E-state index contributed by atoms with van der Waals surface area (Å²) in [6.07, 6.45) is 0. The van der Waals surface area contributed by atoms with Crippen molar-refractivity contribution in [2.75, 3.05) is 36.8 Å². The van der Waals surface area contributed by atoms with Gasteiger partial charge in [0, 0.05) is 31.9 Å². The van der Waals surface area contributed by atoms with E-state index in [1.807, 2.05) is 18.2 Å². The Hall–Kier alpha value is -2.57. The van der Waals surface area contributed by atoms with E-state index in [-0.39, 0.29) is 17.4 Å². The van der Waals surface area contributed by atoms with Gasteiger partial charge in [-0.05, 0) is 12.1 Å². The third kappa shape index (κ3) is 2.29. The van der Waals surface area contributed by atoms with Crippen LogP contribution in [-0.4, -0.2) is 52.4 Å². The van der Waals surface area contributed by atoms with E-state index in [1.54, 1.807) is 4.90 Å². The molecule has 0 bridgehead atoms. The fourth-order valence-electron chi connectivity index (χ4n) is 2.35. The third-order valence-corrected chi connectivity index (χ3v) is 3.47. The summed E-state index contributed by atoms with van der Waals surface area (Å²) in [5, 5.41) is 9.85. The molecule has 3 rings (SSSR count). The van der Waals surface area contributed by atoms with Crippen molar-refractivity contribution in [3.05, 3.63) is 36.0 Å². The van der Waals surface area contributed by atoms with Gasteiger partial charge in [0.1, 0.15) is 0 Å². The largest absolute Gasteiger partial charge is 0.380 e. The van der Waals surface area contributed by atoms with Crippen LogP contribution in [-0.2, 0) is 0 Å². The number of carbonyl (C=O) groups excluding carboxylic acids is 1. The first-order valence-corrected chi connectivity index (χ1v) is 6.51. The molecule has 7 nitrogen and oxygen atoms in total. The van der Waals surface area contributed by atoms with Crippen LogP contribution in [0.5, 0.6) is 0 Å². The van der Waals surface area contributed by atoms with E-state index >= 15 is 0 Å². The Morgan fingerprint density at radius 2 is 1.80 bits per heavy atom. The minimum Gasteiger partial charge on any atom is -0.380 e. The van der Waals surface area contributed by atoms with Gasteiger partial charge in [-0.25, -0.2) is 0 Å². The van der Waals surface area contributed by atoms with Crippen molar-refractivity contribution in [1.82, 2.24) is 20.3 Å². The molecule has 1 fully saturated rings. The maximum atomic E-state index is 12.2. The molecule has 1 aliphatic heterocycles. The van der Waals surface area contributed by atoms with Crippen LogP contribution in [0.1, 0.15) is 10.5 Å². The normalized spacial score (nSPS) is 15.4. The van der Waals surface area contributed by atoms with E-state index in [1.165, 1.54) is 5.69 Å². The molecule has 0 radical (unpaired) electrons. The van der Waals surface area contributed by atoms with E-state index in [0.29, 0.717) is 13.1 Å². The lowest BCUT2D eigenvalue weighted by molar-refractivity contribution is 0.0742. The molecule has 104 valence electrons. The molecule has 1 saturated heterocycles. The fourth-order valence-corrected chi connectivity index (χ4v) is 2.35. The van der Waals surface area contributed by atoms with Crippen molar-refractivity contribution < 1.29 is 4.79 Å². The Bertz CT molecular complexity index is 588. The molecule has 1 aliphatic rings. The Kier molecular flexibility index (Phi) is 3.24. The molecule has 1 amide bonds. The number of benzene rings is 1. The number of rotatable bonds is 2. The molecule has 2 aromatic rings. The summed E-state index contributed by atoms with van der Waals surface area (Å²) >= 11 is 0. The highest BCUT2D eigenvalue weighted by Gasteiger charge is 2.25. The summed E-state index contributed by atoms with van der Waals surface area (Å²) in [6.45, 7) is 2.90. The monoisotopic (exact) mass is 272 g/mol. The Morgan fingerprint density at radius 1 is 1.10 bits per heavy atom. The zero-order valence-electron chi connectivity index (χ0n) is 11.0. The highest BCUT2D eigenvalue weighted by Crippen LogP contribution is 2.17. The zero-order valence-corrected chi connectivity index (χ0v) is 11.0. The van der Waals surface area contributed by atoms with Crippen molar-refractivity contribution in [1.29, 1.82) is 0 Å². The molecule has 1 aromatic carbocycles. The minimum absolute atomic E-state index is 0.153. The number of para-hydroxylation sites is 1. The number of nitrogens with two attached hydrogens (primary N) is 1. The second-order valence-corrected chi connectivity index (χ2v) is 4.67. The SMILES string of the molecule is Nc1n[nH]nc1C(=O)N1CCN(c2ccccc2)CC1. The molecule has 2 heterocycles. The third-order valence-electron chi connectivity index (χ3n) is 3.47. The summed E-state index contributed by atoms with van der Waals surface area (Å²) in [5.41, 5.74) is 6.99. The van der Waals surface area contributed by atoms with Crippen LogP contribution >= 0.6 is 0 Å². The maximum absolute atomic E-state index is 12.2. The molecule has 1 aromatic heterocycles. The predicted octanol–water partition coefficient (Wildman–Crippen LogP) is 0.349. The molecule has 7 heteroatoms. The zero-order chi connectivity index (χ0) is 13.9. The van der Waals surface area contributed by atoms with E-state index in [4.69, 9.17) is 5.73 Å². The lowest BCUT2D eigenvalue weighted by Crippen LogP contribution is -2.49. The van der Waals surface area contributed by atoms with Crippen LogP contribution in [0.15, 0.2) is 30.3 Å². The summed E-state index contributed by atoms with van der Waals surface area (Å²) in [4.78, 5) is 16.2. The second-order valence-electron chi connectivity index (χ2n) is 4.67. The van der Waals surface area contributed by atoms with Gasteiger partial charge in [0.15, 0.2) is 11.5 Å². The smallest absolute Gasteiger partial charge is 0.278 e. The van der Waals surface area contributed by atoms with Crippen molar-refractivity contribution in [3.63, 3.8) is 0 Å². The van der Waals surface area contributed by atoms with E-state index in [9.17, 15) is 4.79 Å². The van der Waals surface area contributed by atoms with Crippen molar-refractivity contribution in [3.8, 4) is 0 Å². The fraction of sp³-hybridized carbons (Fsp3) is 0.308. The standard InChI is InChI=1S/C13H16N6O/c14-12-11(15-17-16-12)13(20)19-8-6-18(7-9-19)10-4-2-1-3-5-10/h1-5H,6-9H2,(H3,14,15,16,17). The van der Waals surface area contributed by atoms with E-state index < -0.39 is 0 Å². The molecule has 0 spiro atoms. The van der Waals surface area contributed by atoms with E-state index in [2.05, 4.69) is 32.4 Å². The van der Waals surface area contributed by atoms with Gasteiger partial charge in [-0.2, -0.15) is 5.21 Å². The van der Waals surface area contributed by atoms with Crippen LogP contribution < -0.4 is 10.6 Å². The van der Waals surface area contributed by atoms with Crippen LogP contribution in [0.25, 0.3) is 0 Å². The summed E-state index contributed by atoms with van der Waals surface area (Å²) in [5.74, 6) is -0.00977. The Labute approximate surface area is 116 Å². The number of hydrogen-bond acceptors (Lipinski definition) is 5. The molecule has 0 unspecified atom stereocenters. The van der Waals surface area contributed by atoms with Crippen LogP contribution in [0, 0.1) is 0 Å². The van der Waals surface area contributed by atoms with Gasteiger partial charge in [0.25, 0.3) is 5.91 Å². The number of anilines is 2. The van der Waals surface area contributed by atoms with Crippen molar-refractivity contribution >= 4 is 17.4 Å². The van der Waals surface area contributed by atoms with Gasteiger partial charge in [0.2, 0.25) is 0 Å².